The molecule has 0 aliphatic carbocycles. The third-order valence-corrected chi connectivity index (χ3v) is 6.59. The Morgan fingerprint density at radius 1 is 1.09 bits per heavy atom. The maximum atomic E-state index is 5.81. The number of aryl methyl sites for hydroxylation is 1. The van der Waals surface area contributed by atoms with Crippen LogP contribution in [-0.2, 0) is 6.54 Å². The molecule has 0 spiro atoms. The molecule has 1 aliphatic heterocycles. The molecule has 0 saturated carbocycles. The maximum Gasteiger partial charge on any atom is 0.341 e. The molecule has 4 rings (SSSR count). The molecule has 2 aromatic heterocycles. The van der Waals surface area contributed by atoms with Crippen molar-refractivity contribution in [1.82, 2.24) is 14.7 Å². The van der Waals surface area contributed by atoms with Crippen molar-refractivity contribution >= 4 is 16.9 Å². The lowest BCUT2D eigenvalue weighted by molar-refractivity contribution is -0.555. The van der Waals surface area contributed by atoms with Gasteiger partial charge in [-0.15, -0.1) is 0 Å². The summed E-state index contributed by atoms with van der Waals surface area (Å²) in [5.74, 6) is 1.50. The highest BCUT2D eigenvalue weighted by atomic mass is 16.5. The van der Waals surface area contributed by atoms with Gasteiger partial charge in [0.25, 0.3) is 5.89 Å². The second kappa shape index (κ2) is 10.7. The zero-order chi connectivity index (χ0) is 22.3. The van der Waals surface area contributed by atoms with Crippen LogP contribution < -0.4 is 11.5 Å². The fourth-order valence-electron chi connectivity index (χ4n) is 4.77. The molecular formula is C25H37N6O+. The molecule has 7 nitrogen and oxygen atoms in total. The van der Waals surface area contributed by atoms with Gasteiger partial charge < -0.3 is 9.09 Å². The molecule has 172 valence electrons. The summed E-state index contributed by atoms with van der Waals surface area (Å²) < 4.78 is 9.87. The van der Waals surface area contributed by atoms with Gasteiger partial charge in [0.2, 0.25) is 5.82 Å². The lowest BCUT2D eigenvalue weighted by Gasteiger charge is -2.07. The van der Waals surface area contributed by atoms with E-state index in [4.69, 9.17) is 16.0 Å². The smallest absolute Gasteiger partial charge is 0.341 e. The molecule has 3 aromatic rings. The van der Waals surface area contributed by atoms with Gasteiger partial charge in [0.05, 0.1) is 6.54 Å². The largest absolute Gasteiger partial charge is 0.347 e. The monoisotopic (exact) mass is 437 g/mol. The van der Waals surface area contributed by atoms with Crippen LogP contribution in [0.3, 0.4) is 0 Å². The first-order valence-electron chi connectivity index (χ1n) is 12.2. The van der Waals surface area contributed by atoms with Crippen molar-refractivity contribution in [3.63, 3.8) is 0 Å². The van der Waals surface area contributed by atoms with E-state index in [0.717, 1.165) is 31.5 Å². The van der Waals surface area contributed by atoms with Gasteiger partial charge in [-0.3, -0.25) is 16.0 Å². The van der Waals surface area contributed by atoms with Gasteiger partial charge in [-0.1, -0.05) is 57.0 Å². The number of nitrogens with two attached hydrogens (primary N) is 2. The summed E-state index contributed by atoms with van der Waals surface area (Å²) in [6, 6.07) is 8.53. The third kappa shape index (κ3) is 5.14. The Bertz CT molecular complexity index is 1050. The Hall–Kier alpha value is -2.83. The average Bonchev–Trinajstić information content (AvgIpc) is 3.54. The Morgan fingerprint density at radius 2 is 1.88 bits per heavy atom. The van der Waals surface area contributed by atoms with E-state index in [1.54, 1.807) is 0 Å². The van der Waals surface area contributed by atoms with Crippen molar-refractivity contribution in [3.05, 3.63) is 36.4 Å². The minimum Gasteiger partial charge on any atom is -0.347 e. The number of aromatic nitrogens is 3. The zero-order valence-electron chi connectivity index (χ0n) is 19.3. The van der Waals surface area contributed by atoms with Gasteiger partial charge in [-0.05, 0) is 43.5 Å². The van der Waals surface area contributed by atoms with Gasteiger partial charge >= 0.3 is 5.96 Å². The van der Waals surface area contributed by atoms with Crippen molar-refractivity contribution < 1.29 is 9.10 Å². The molecule has 0 bridgehead atoms. The molecule has 3 heterocycles. The van der Waals surface area contributed by atoms with Crippen LogP contribution in [-0.4, -0.2) is 31.8 Å². The standard InChI is InChI=1S/C25H36N6O/c1-2-3-4-5-6-7-8-9-15-30-17-14-19-18-20(12-13-21(19)30)23-28-24(32-29-23)22-11-10-16-31(22)25(26)27/h12-14,17-18,22H,2-11,15-16H2,1H3,(H3,26,27)/p+1/t22-/m0/s1. The van der Waals surface area contributed by atoms with Crippen LogP contribution in [0.15, 0.2) is 35.0 Å². The van der Waals surface area contributed by atoms with Crippen LogP contribution in [0.25, 0.3) is 22.3 Å². The van der Waals surface area contributed by atoms with Gasteiger partial charge in [0.15, 0.2) is 6.04 Å². The number of unbranched alkanes of at least 4 members (excludes halogenated alkanes) is 7. The first-order chi connectivity index (χ1) is 15.7. The molecule has 32 heavy (non-hydrogen) atoms. The summed E-state index contributed by atoms with van der Waals surface area (Å²) in [4.78, 5) is 4.65. The summed E-state index contributed by atoms with van der Waals surface area (Å²) in [7, 11) is 0. The van der Waals surface area contributed by atoms with E-state index >= 15 is 0 Å². The lowest BCUT2D eigenvalue weighted by atomic mass is 10.1. The highest BCUT2D eigenvalue weighted by Gasteiger charge is 2.31. The van der Waals surface area contributed by atoms with Gasteiger partial charge in [0, 0.05) is 29.2 Å². The number of benzene rings is 1. The topological polar surface area (TPSA) is 98.9 Å². The summed E-state index contributed by atoms with van der Waals surface area (Å²) in [5, 5.41) is 5.43. The Balaban J connectivity index is 1.36. The SMILES string of the molecule is CCCCCCCCCCn1ccc2cc(-c3noc([C@@H]4CCC[N+]4=C(N)N)n3)ccc21. The highest BCUT2D eigenvalue weighted by molar-refractivity contribution is 5.84. The van der Waals surface area contributed by atoms with E-state index in [-0.39, 0.29) is 6.04 Å². The molecule has 4 N–H and O–H groups in total. The van der Waals surface area contributed by atoms with E-state index < -0.39 is 0 Å². The van der Waals surface area contributed by atoms with Crippen LogP contribution in [0.2, 0.25) is 0 Å². The Labute approximate surface area is 190 Å². The number of hydrogen-bond acceptors (Lipinski definition) is 3. The number of rotatable bonds is 11. The maximum absolute atomic E-state index is 5.81. The molecule has 1 atom stereocenters. The van der Waals surface area contributed by atoms with Crippen LogP contribution in [0.5, 0.6) is 0 Å². The van der Waals surface area contributed by atoms with Crippen molar-refractivity contribution in [2.45, 2.75) is 83.7 Å². The lowest BCUT2D eigenvalue weighted by Crippen LogP contribution is -2.35. The van der Waals surface area contributed by atoms with Crippen molar-refractivity contribution in [2.24, 2.45) is 11.5 Å². The molecule has 0 radical (unpaired) electrons. The van der Waals surface area contributed by atoms with Gasteiger partial charge in [-0.25, -0.2) is 0 Å². The fraction of sp³-hybridized carbons (Fsp3) is 0.560. The van der Waals surface area contributed by atoms with Crippen molar-refractivity contribution in [3.8, 4) is 11.4 Å². The first-order valence-corrected chi connectivity index (χ1v) is 12.2. The molecule has 7 heteroatoms. The fourth-order valence-corrected chi connectivity index (χ4v) is 4.77. The van der Waals surface area contributed by atoms with Crippen molar-refractivity contribution in [1.29, 1.82) is 0 Å². The quantitative estimate of drug-likeness (QED) is 0.251. The molecule has 1 saturated heterocycles. The van der Waals surface area contributed by atoms with E-state index in [9.17, 15) is 0 Å². The minimum absolute atomic E-state index is 0.0299. The average molecular weight is 438 g/mol. The Morgan fingerprint density at radius 3 is 2.66 bits per heavy atom. The van der Waals surface area contributed by atoms with E-state index in [1.807, 2.05) is 4.58 Å². The number of fused-ring (bicyclic) bond motifs is 1. The first kappa shape index (κ1) is 22.4. The molecular weight excluding hydrogens is 400 g/mol. The second-order valence-electron chi connectivity index (χ2n) is 8.99. The van der Waals surface area contributed by atoms with Crippen LogP contribution in [0.1, 0.15) is 83.1 Å². The van der Waals surface area contributed by atoms with E-state index in [2.05, 4.69) is 52.1 Å². The minimum atomic E-state index is -0.0299. The summed E-state index contributed by atoms with van der Waals surface area (Å²) >= 11 is 0. The van der Waals surface area contributed by atoms with Gasteiger partial charge in [0.1, 0.15) is 0 Å². The predicted molar refractivity (Wildman–Crippen MR) is 128 cm³/mol. The zero-order valence-corrected chi connectivity index (χ0v) is 19.3. The van der Waals surface area contributed by atoms with Crippen molar-refractivity contribution in [2.75, 3.05) is 6.54 Å². The van der Waals surface area contributed by atoms with E-state index in [1.165, 1.54) is 62.3 Å². The summed E-state index contributed by atoms with van der Waals surface area (Å²) in [6.45, 7) is 4.16. The molecule has 1 aliphatic rings. The Kier molecular flexibility index (Phi) is 7.45. The normalized spacial score (nSPS) is 16.3. The second-order valence-corrected chi connectivity index (χ2v) is 8.99. The number of hydrogen-bond donors (Lipinski definition) is 2. The van der Waals surface area contributed by atoms with E-state index in [0.29, 0.717) is 17.7 Å². The summed E-state index contributed by atoms with van der Waals surface area (Å²) in [5.41, 5.74) is 13.8. The van der Waals surface area contributed by atoms with Gasteiger partial charge in [-0.2, -0.15) is 4.98 Å². The third-order valence-electron chi connectivity index (χ3n) is 6.59. The molecule has 1 aromatic carbocycles. The molecule has 0 amide bonds. The van der Waals surface area contributed by atoms with Crippen LogP contribution in [0, 0.1) is 0 Å². The van der Waals surface area contributed by atoms with Crippen LogP contribution in [0.4, 0.5) is 0 Å². The number of nitrogens with zero attached hydrogens (tertiary/aromatic N) is 4. The summed E-state index contributed by atoms with van der Waals surface area (Å²) in [6.07, 6.45) is 14.8. The predicted octanol–water partition coefficient (Wildman–Crippen LogP) is 4.95. The highest BCUT2D eigenvalue weighted by Crippen LogP contribution is 2.30. The van der Waals surface area contributed by atoms with Crippen LogP contribution >= 0.6 is 0 Å². The number of guanidine groups is 1. The molecule has 1 fully saturated rings. The molecule has 0 unspecified atom stereocenters.